The standard InChI is InChI=1S/C15H21ClN2O3/c1-10(15(19)18-7-5-11(17)6-8-18)21-14-4-3-12(20-2)9-13(14)16/h3-4,9-11H,5-8,17H2,1-2H3. The molecule has 2 N–H and O–H groups in total. The van der Waals surface area contributed by atoms with Crippen LogP contribution in [0.25, 0.3) is 0 Å². The molecule has 0 aromatic heterocycles. The van der Waals surface area contributed by atoms with Gasteiger partial charge in [0.1, 0.15) is 11.5 Å². The smallest absolute Gasteiger partial charge is 0.263 e. The van der Waals surface area contributed by atoms with Crippen molar-refractivity contribution in [2.24, 2.45) is 5.73 Å². The number of likely N-dealkylation sites (tertiary alicyclic amines) is 1. The summed E-state index contributed by atoms with van der Waals surface area (Å²) in [5.74, 6) is 1.09. The molecule has 1 heterocycles. The molecular weight excluding hydrogens is 292 g/mol. The number of hydrogen-bond donors (Lipinski definition) is 1. The lowest BCUT2D eigenvalue weighted by molar-refractivity contribution is -0.139. The van der Waals surface area contributed by atoms with Crippen molar-refractivity contribution in [2.45, 2.75) is 31.9 Å². The maximum atomic E-state index is 12.3. The zero-order valence-electron chi connectivity index (χ0n) is 12.3. The fraction of sp³-hybridized carbons (Fsp3) is 0.533. The van der Waals surface area contributed by atoms with Crippen LogP contribution in [-0.2, 0) is 4.79 Å². The van der Waals surface area contributed by atoms with Crippen LogP contribution in [0, 0.1) is 0 Å². The van der Waals surface area contributed by atoms with Gasteiger partial charge in [-0.2, -0.15) is 0 Å². The molecule has 1 amide bonds. The van der Waals surface area contributed by atoms with Crippen LogP contribution >= 0.6 is 11.6 Å². The van der Waals surface area contributed by atoms with Gasteiger partial charge < -0.3 is 20.1 Å². The number of amides is 1. The highest BCUT2D eigenvalue weighted by molar-refractivity contribution is 6.32. The maximum absolute atomic E-state index is 12.3. The van der Waals surface area contributed by atoms with Crippen molar-refractivity contribution in [1.29, 1.82) is 0 Å². The van der Waals surface area contributed by atoms with Gasteiger partial charge in [0.05, 0.1) is 12.1 Å². The predicted molar refractivity (Wildman–Crippen MR) is 81.9 cm³/mol. The minimum Gasteiger partial charge on any atom is -0.497 e. The molecule has 1 fully saturated rings. The molecule has 21 heavy (non-hydrogen) atoms. The van der Waals surface area contributed by atoms with E-state index in [4.69, 9.17) is 26.8 Å². The van der Waals surface area contributed by atoms with E-state index in [1.54, 1.807) is 37.1 Å². The Hall–Kier alpha value is -1.46. The van der Waals surface area contributed by atoms with Crippen LogP contribution < -0.4 is 15.2 Å². The molecule has 1 aromatic rings. The summed E-state index contributed by atoms with van der Waals surface area (Å²) in [4.78, 5) is 14.1. The SMILES string of the molecule is COc1ccc(OC(C)C(=O)N2CCC(N)CC2)c(Cl)c1. The first-order valence-corrected chi connectivity index (χ1v) is 7.43. The monoisotopic (exact) mass is 312 g/mol. The Bertz CT molecular complexity index is 502. The van der Waals surface area contributed by atoms with Crippen molar-refractivity contribution in [3.63, 3.8) is 0 Å². The van der Waals surface area contributed by atoms with Gasteiger partial charge in [-0.25, -0.2) is 0 Å². The number of carbonyl (C=O) groups is 1. The van der Waals surface area contributed by atoms with Crippen LogP contribution in [0.5, 0.6) is 11.5 Å². The molecular formula is C15H21ClN2O3. The second kappa shape index (κ2) is 7.00. The molecule has 0 saturated carbocycles. The Balaban J connectivity index is 1.97. The first-order valence-electron chi connectivity index (χ1n) is 7.06. The average Bonchev–Trinajstić information content (AvgIpc) is 2.49. The summed E-state index contributed by atoms with van der Waals surface area (Å²) < 4.78 is 10.8. The molecule has 0 spiro atoms. The van der Waals surface area contributed by atoms with Gasteiger partial charge in [0.2, 0.25) is 0 Å². The minimum atomic E-state index is -0.579. The number of piperidine rings is 1. The first kappa shape index (κ1) is 15.9. The van der Waals surface area contributed by atoms with Gasteiger partial charge in [-0.15, -0.1) is 0 Å². The van der Waals surface area contributed by atoms with E-state index in [2.05, 4.69) is 0 Å². The molecule has 1 atom stereocenters. The van der Waals surface area contributed by atoms with Crippen LogP contribution in [0.3, 0.4) is 0 Å². The number of ether oxygens (including phenoxy) is 2. The van der Waals surface area contributed by atoms with Crippen LogP contribution in [0.1, 0.15) is 19.8 Å². The molecule has 116 valence electrons. The third-order valence-corrected chi connectivity index (χ3v) is 3.94. The maximum Gasteiger partial charge on any atom is 0.263 e. The van der Waals surface area contributed by atoms with E-state index in [1.165, 1.54) is 0 Å². The summed E-state index contributed by atoms with van der Waals surface area (Å²) >= 11 is 6.12. The summed E-state index contributed by atoms with van der Waals surface area (Å²) in [7, 11) is 1.57. The Morgan fingerprint density at radius 2 is 2.10 bits per heavy atom. The fourth-order valence-corrected chi connectivity index (χ4v) is 2.54. The summed E-state index contributed by atoms with van der Waals surface area (Å²) in [5, 5.41) is 0.426. The molecule has 1 aliphatic rings. The van der Waals surface area contributed by atoms with E-state index in [0.717, 1.165) is 12.8 Å². The Labute approximate surface area is 130 Å². The third-order valence-electron chi connectivity index (χ3n) is 3.64. The normalized spacial score (nSPS) is 17.4. The Morgan fingerprint density at radius 1 is 1.43 bits per heavy atom. The van der Waals surface area contributed by atoms with Gasteiger partial charge in [0, 0.05) is 25.2 Å². The molecule has 2 rings (SSSR count). The Kier molecular flexibility index (Phi) is 5.31. The van der Waals surface area contributed by atoms with Crippen LogP contribution in [0.2, 0.25) is 5.02 Å². The van der Waals surface area contributed by atoms with Crippen molar-refractivity contribution in [1.82, 2.24) is 4.90 Å². The van der Waals surface area contributed by atoms with Crippen molar-refractivity contribution < 1.29 is 14.3 Å². The van der Waals surface area contributed by atoms with Crippen molar-refractivity contribution >= 4 is 17.5 Å². The number of rotatable bonds is 4. The van der Waals surface area contributed by atoms with Gasteiger partial charge in [-0.1, -0.05) is 11.6 Å². The van der Waals surface area contributed by atoms with Crippen LogP contribution in [-0.4, -0.2) is 43.2 Å². The molecule has 6 heteroatoms. The summed E-state index contributed by atoms with van der Waals surface area (Å²) in [6.07, 6.45) is 1.09. The van der Waals surface area contributed by atoms with E-state index in [-0.39, 0.29) is 11.9 Å². The summed E-state index contributed by atoms with van der Waals surface area (Å²) in [6, 6.07) is 5.31. The van der Waals surface area contributed by atoms with E-state index in [9.17, 15) is 4.79 Å². The van der Waals surface area contributed by atoms with E-state index in [0.29, 0.717) is 29.6 Å². The number of hydrogen-bond acceptors (Lipinski definition) is 4. The van der Waals surface area contributed by atoms with Crippen LogP contribution in [0.4, 0.5) is 0 Å². The van der Waals surface area contributed by atoms with Gasteiger partial charge in [0.25, 0.3) is 5.91 Å². The fourth-order valence-electron chi connectivity index (χ4n) is 2.32. The topological polar surface area (TPSA) is 64.8 Å². The predicted octanol–water partition coefficient (Wildman–Crippen LogP) is 2.07. The van der Waals surface area contributed by atoms with Gasteiger partial charge in [0.15, 0.2) is 6.10 Å². The molecule has 1 aromatic carbocycles. The highest BCUT2D eigenvalue weighted by Crippen LogP contribution is 2.29. The first-order chi connectivity index (χ1) is 10.0. The number of nitrogens with zero attached hydrogens (tertiary/aromatic N) is 1. The van der Waals surface area contributed by atoms with Crippen molar-refractivity contribution in [3.05, 3.63) is 23.2 Å². The van der Waals surface area contributed by atoms with Gasteiger partial charge in [-0.05, 0) is 31.9 Å². The number of methoxy groups -OCH3 is 1. The molecule has 0 aliphatic carbocycles. The lowest BCUT2D eigenvalue weighted by Crippen LogP contribution is -2.47. The zero-order valence-corrected chi connectivity index (χ0v) is 13.1. The highest BCUT2D eigenvalue weighted by atomic mass is 35.5. The second-order valence-electron chi connectivity index (χ2n) is 5.22. The number of carbonyl (C=O) groups excluding carboxylic acids is 1. The lowest BCUT2D eigenvalue weighted by Gasteiger charge is -2.32. The highest BCUT2D eigenvalue weighted by Gasteiger charge is 2.26. The Morgan fingerprint density at radius 3 is 2.67 bits per heavy atom. The number of nitrogens with two attached hydrogens (primary N) is 1. The van der Waals surface area contributed by atoms with E-state index >= 15 is 0 Å². The molecule has 1 aliphatic heterocycles. The third kappa shape index (κ3) is 4.02. The lowest BCUT2D eigenvalue weighted by atomic mass is 10.1. The molecule has 1 unspecified atom stereocenters. The van der Waals surface area contributed by atoms with Crippen LogP contribution in [0.15, 0.2) is 18.2 Å². The van der Waals surface area contributed by atoms with Crippen molar-refractivity contribution in [3.8, 4) is 11.5 Å². The number of halogens is 1. The molecule has 5 nitrogen and oxygen atoms in total. The van der Waals surface area contributed by atoms with E-state index in [1.807, 2.05) is 0 Å². The quantitative estimate of drug-likeness (QED) is 0.924. The summed E-state index contributed by atoms with van der Waals surface area (Å²) in [6.45, 7) is 3.10. The molecule has 0 bridgehead atoms. The van der Waals surface area contributed by atoms with E-state index < -0.39 is 6.10 Å². The summed E-state index contributed by atoms with van der Waals surface area (Å²) in [5.41, 5.74) is 5.85. The van der Waals surface area contributed by atoms with Crippen molar-refractivity contribution in [2.75, 3.05) is 20.2 Å². The average molecular weight is 313 g/mol. The number of benzene rings is 1. The van der Waals surface area contributed by atoms with Gasteiger partial charge in [-0.3, -0.25) is 4.79 Å². The second-order valence-corrected chi connectivity index (χ2v) is 5.63. The molecule has 0 radical (unpaired) electrons. The van der Waals surface area contributed by atoms with Gasteiger partial charge >= 0.3 is 0 Å². The molecule has 1 saturated heterocycles. The minimum absolute atomic E-state index is 0.0335. The zero-order chi connectivity index (χ0) is 15.4. The largest absolute Gasteiger partial charge is 0.497 e.